The topological polar surface area (TPSA) is 83.0 Å². The zero-order valence-electron chi connectivity index (χ0n) is 17.2. The second kappa shape index (κ2) is 9.18. The van der Waals surface area contributed by atoms with Crippen LogP contribution in [0.5, 0.6) is 5.75 Å². The molecule has 1 aromatic heterocycles. The molecule has 2 aliphatic rings. The molecule has 2 aliphatic heterocycles. The Bertz CT molecular complexity index is 1130. The number of hydrogen-bond acceptors (Lipinski definition) is 5. The van der Waals surface area contributed by atoms with Gasteiger partial charge in [-0.3, -0.25) is 10.2 Å². The van der Waals surface area contributed by atoms with Gasteiger partial charge in [-0.1, -0.05) is 31.2 Å². The Morgan fingerprint density at radius 2 is 2.10 bits per heavy atom. The van der Waals surface area contributed by atoms with Gasteiger partial charge in [-0.05, 0) is 54.4 Å². The van der Waals surface area contributed by atoms with Gasteiger partial charge in [-0.25, -0.2) is 0 Å². The second-order valence-electron chi connectivity index (χ2n) is 6.94. The van der Waals surface area contributed by atoms with E-state index in [0.29, 0.717) is 18.3 Å². The second-order valence-corrected chi connectivity index (χ2v) is 7.98. The summed E-state index contributed by atoms with van der Waals surface area (Å²) in [5, 5.41) is 15.6. The van der Waals surface area contributed by atoms with Crippen LogP contribution < -0.4 is 4.74 Å². The van der Waals surface area contributed by atoms with Gasteiger partial charge in [-0.2, -0.15) is 15.1 Å². The average molecular weight is 434 g/mol. The maximum Gasteiger partial charge on any atom is 0.283 e. The zero-order chi connectivity index (χ0) is 21.8. The molecule has 8 heteroatoms. The molecule has 0 fully saturated rings. The van der Waals surface area contributed by atoms with Crippen LogP contribution in [0.1, 0.15) is 24.6 Å². The van der Waals surface area contributed by atoms with Crippen LogP contribution in [0.15, 0.2) is 70.9 Å². The van der Waals surface area contributed by atoms with E-state index in [1.165, 1.54) is 16.8 Å². The highest BCUT2D eigenvalue weighted by molar-refractivity contribution is 8.26. The van der Waals surface area contributed by atoms with Crippen LogP contribution in [0.4, 0.5) is 0 Å². The fraction of sp³-hybridized carbons (Fsp3) is 0.217. The van der Waals surface area contributed by atoms with Gasteiger partial charge < -0.3 is 9.30 Å². The first-order chi connectivity index (χ1) is 15.1. The number of aliphatic imine (C=N–C) groups is 1. The maximum absolute atomic E-state index is 12.5. The number of rotatable bonds is 8. The van der Waals surface area contributed by atoms with Gasteiger partial charge >= 0.3 is 0 Å². The fourth-order valence-electron chi connectivity index (χ4n) is 3.31. The number of thioether (sulfide) groups is 1. The van der Waals surface area contributed by atoms with E-state index in [4.69, 9.17) is 10.1 Å². The molecule has 0 saturated carbocycles. The minimum atomic E-state index is -0.418. The maximum atomic E-state index is 12.5. The van der Waals surface area contributed by atoms with Crippen molar-refractivity contribution in [3.8, 4) is 5.75 Å². The van der Waals surface area contributed by atoms with Crippen LogP contribution in [0.3, 0.4) is 0 Å². The highest BCUT2D eigenvalue weighted by Crippen LogP contribution is 2.29. The molecule has 0 saturated heterocycles. The summed E-state index contributed by atoms with van der Waals surface area (Å²) >= 11 is 1.34. The Balaban J connectivity index is 1.48. The third kappa shape index (κ3) is 4.39. The van der Waals surface area contributed by atoms with E-state index in [1.807, 2.05) is 60.2 Å². The minimum Gasteiger partial charge on any atom is -0.491 e. The minimum absolute atomic E-state index is 0.0494. The van der Waals surface area contributed by atoms with Crippen LogP contribution in [-0.2, 0) is 17.8 Å². The van der Waals surface area contributed by atoms with E-state index >= 15 is 0 Å². The van der Waals surface area contributed by atoms with Crippen molar-refractivity contribution in [1.29, 1.82) is 5.41 Å². The molecule has 1 amide bonds. The Morgan fingerprint density at radius 3 is 2.90 bits per heavy atom. The number of aromatic nitrogens is 1. The van der Waals surface area contributed by atoms with E-state index in [-0.39, 0.29) is 11.4 Å². The molecule has 0 aliphatic carbocycles. The number of ether oxygens (including phenoxy) is 1. The molecule has 0 atom stereocenters. The predicted octanol–water partition coefficient (Wildman–Crippen LogP) is 4.32. The molecule has 0 spiro atoms. The van der Waals surface area contributed by atoms with E-state index in [1.54, 1.807) is 6.08 Å². The number of nitrogens with zero attached hydrogens (tertiary/aromatic N) is 4. The monoisotopic (exact) mass is 433 g/mol. The number of amidine groups is 2. The number of amides is 1. The van der Waals surface area contributed by atoms with E-state index < -0.39 is 5.91 Å². The molecule has 0 bridgehead atoms. The normalized spacial score (nSPS) is 16.9. The number of benzene rings is 1. The van der Waals surface area contributed by atoms with Crippen molar-refractivity contribution in [3.05, 3.63) is 72.1 Å². The highest BCUT2D eigenvalue weighted by atomic mass is 32.2. The van der Waals surface area contributed by atoms with Gasteiger partial charge in [-0.15, -0.1) is 6.58 Å². The standard InChI is InChI=1S/C23H23N5O2S/c1-3-8-16-9-5-6-11-19(16)30-14-13-27-12-7-10-17(27)15-18-21(24)28-23(25-22(18)29)31-20(4-2)26-28/h3,5-7,9-12,15,24H,1,4,8,13-14H2,2H3/b18-15-,24-21?. The quantitative estimate of drug-likeness (QED) is 0.496. The summed E-state index contributed by atoms with van der Waals surface area (Å²) in [6.45, 7) is 6.85. The zero-order valence-corrected chi connectivity index (χ0v) is 18.1. The number of hydrogen-bond donors (Lipinski definition) is 1. The van der Waals surface area contributed by atoms with Gasteiger partial charge in [0.1, 0.15) is 17.4 Å². The highest BCUT2D eigenvalue weighted by Gasteiger charge is 2.35. The van der Waals surface area contributed by atoms with Crippen LogP contribution in [0.25, 0.3) is 6.08 Å². The molecule has 3 heterocycles. The Kier molecular flexibility index (Phi) is 6.18. The predicted molar refractivity (Wildman–Crippen MR) is 126 cm³/mol. The van der Waals surface area contributed by atoms with Crippen molar-refractivity contribution in [2.24, 2.45) is 10.1 Å². The Hall–Kier alpha value is -3.39. The Labute approximate surface area is 185 Å². The largest absolute Gasteiger partial charge is 0.491 e. The average Bonchev–Trinajstić information content (AvgIpc) is 3.39. The lowest BCUT2D eigenvalue weighted by Crippen LogP contribution is -2.35. The van der Waals surface area contributed by atoms with Crippen molar-refractivity contribution in [1.82, 2.24) is 9.58 Å². The van der Waals surface area contributed by atoms with Crippen LogP contribution in [-0.4, -0.2) is 38.1 Å². The molecule has 0 unspecified atom stereocenters. The first-order valence-corrected chi connectivity index (χ1v) is 10.9. The van der Waals surface area contributed by atoms with Crippen LogP contribution in [0.2, 0.25) is 0 Å². The molecule has 158 valence electrons. The van der Waals surface area contributed by atoms with Gasteiger partial charge in [0.25, 0.3) is 5.91 Å². The summed E-state index contributed by atoms with van der Waals surface area (Å²) in [5.41, 5.74) is 2.13. The number of fused-ring (bicyclic) bond motifs is 1. The number of hydrazone groups is 1. The molecule has 2 aromatic rings. The summed E-state index contributed by atoms with van der Waals surface area (Å²) in [5.74, 6) is 0.476. The lowest BCUT2D eigenvalue weighted by atomic mass is 10.1. The SMILES string of the molecule is C=CCc1ccccc1OCCn1cccc1/C=C1/C(=N)N2N=C(CC)SC2=NC1=O. The molecule has 1 N–H and O–H groups in total. The third-order valence-electron chi connectivity index (χ3n) is 4.88. The fourth-order valence-corrected chi connectivity index (χ4v) is 4.13. The first-order valence-electron chi connectivity index (χ1n) is 10.1. The molecule has 7 nitrogen and oxygen atoms in total. The summed E-state index contributed by atoms with van der Waals surface area (Å²) in [6.07, 6.45) is 6.96. The molecular formula is C23H23N5O2S. The molecular weight excluding hydrogens is 410 g/mol. The molecule has 0 radical (unpaired) electrons. The molecule has 4 rings (SSSR count). The van der Waals surface area contributed by atoms with E-state index in [9.17, 15) is 4.79 Å². The van der Waals surface area contributed by atoms with Crippen molar-refractivity contribution < 1.29 is 9.53 Å². The number of nitrogens with one attached hydrogen (secondary N) is 1. The van der Waals surface area contributed by atoms with Gasteiger partial charge in [0.2, 0.25) is 5.17 Å². The van der Waals surface area contributed by atoms with Gasteiger partial charge in [0.15, 0.2) is 5.84 Å². The van der Waals surface area contributed by atoms with Gasteiger partial charge in [0, 0.05) is 11.9 Å². The third-order valence-corrected chi connectivity index (χ3v) is 5.94. The first kappa shape index (κ1) is 20.9. The van der Waals surface area contributed by atoms with Gasteiger partial charge in [0.05, 0.1) is 12.1 Å². The number of allylic oxidation sites excluding steroid dienone is 1. The van der Waals surface area contributed by atoms with Crippen LogP contribution >= 0.6 is 11.8 Å². The number of para-hydroxylation sites is 1. The summed E-state index contributed by atoms with van der Waals surface area (Å²) in [7, 11) is 0. The smallest absolute Gasteiger partial charge is 0.283 e. The van der Waals surface area contributed by atoms with Crippen molar-refractivity contribution >= 4 is 39.8 Å². The molecule has 1 aromatic carbocycles. The summed E-state index contributed by atoms with van der Waals surface area (Å²) < 4.78 is 7.97. The van der Waals surface area contributed by atoms with E-state index in [0.717, 1.165) is 34.9 Å². The Morgan fingerprint density at radius 1 is 1.26 bits per heavy atom. The van der Waals surface area contributed by atoms with Crippen molar-refractivity contribution in [2.75, 3.05) is 6.61 Å². The number of carbonyl (C=O) groups is 1. The molecule has 31 heavy (non-hydrogen) atoms. The van der Waals surface area contributed by atoms with Crippen molar-refractivity contribution in [2.45, 2.75) is 26.3 Å². The van der Waals surface area contributed by atoms with Crippen molar-refractivity contribution in [3.63, 3.8) is 0 Å². The lowest BCUT2D eigenvalue weighted by Gasteiger charge is -2.20. The van der Waals surface area contributed by atoms with E-state index in [2.05, 4.69) is 16.7 Å². The lowest BCUT2D eigenvalue weighted by molar-refractivity contribution is -0.114. The summed E-state index contributed by atoms with van der Waals surface area (Å²) in [4.78, 5) is 16.7. The number of carbonyl (C=O) groups excluding carboxylic acids is 1. The van der Waals surface area contributed by atoms with Crippen LogP contribution in [0, 0.1) is 5.41 Å². The summed E-state index contributed by atoms with van der Waals surface area (Å²) in [6, 6.07) is 11.7.